The molecule has 35 heavy (non-hydrogen) atoms. The number of nitrogens with one attached hydrogen (secondary N) is 1. The fourth-order valence-electron chi connectivity index (χ4n) is 5.57. The molecule has 7 nitrogen and oxygen atoms in total. The van der Waals surface area contributed by atoms with E-state index in [1.54, 1.807) is 0 Å². The maximum atomic E-state index is 13.0. The monoisotopic (exact) mass is 480 g/mol. The highest BCUT2D eigenvalue weighted by atomic mass is 16.4. The third kappa shape index (κ3) is 6.50. The Morgan fingerprint density at radius 1 is 1.20 bits per heavy atom. The fraction of sp³-hybridized carbons (Fsp3) is 0.643. The summed E-state index contributed by atoms with van der Waals surface area (Å²) in [6, 6.07) is 6.31. The summed E-state index contributed by atoms with van der Waals surface area (Å²) in [6.07, 6.45) is 6.26. The fourth-order valence-corrected chi connectivity index (χ4v) is 5.57. The molecule has 0 aliphatic heterocycles. The van der Waals surface area contributed by atoms with Gasteiger partial charge in [-0.3, -0.25) is 9.59 Å². The zero-order chi connectivity index (χ0) is 25.3. The zero-order valence-electron chi connectivity index (χ0n) is 21.8. The molecule has 1 aromatic heterocycles. The number of aliphatic carboxylic acids is 1. The van der Waals surface area contributed by atoms with Crippen molar-refractivity contribution in [2.24, 2.45) is 11.3 Å². The van der Waals surface area contributed by atoms with Crippen molar-refractivity contribution in [3.63, 3.8) is 0 Å². The first-order valence-electron chi connectivity index (χ1n) is 13.0. The lowest BCUT2D eigenvalue weighted by Gasteiger charge is -2.39. The normalized spacial score (nSPS) is 20.8. The summed E-state index contributed by atoms with van der Waals surface area (Å²) in [5.74, 6) is -0.0826. The van der Waals surface area contributed by atoms with Crippen LogP contribution in [0.1, 0.15) is 113 Å². The van der Waals surface area contributed by atoms with Gasteiger partial charge in [0.25, 0.3) is 0 Å². The molecular formula is C28H40N4O3. The Hall–Kier alpha value is -2.70. The Labute approximate surface area is 208 Å². The quantitative estimate of drug-likeness (QED) is 0.426. The number of benzene rings is 1. The van der Waals surface area contributed by atoms with E-state index in [2.05, 4.69) is 41.1 Å². The summed E-state index contributed by atoms with van der Waals surface area (Å²) in [6.45, 7) is 10.9. The van der Waals surface area contributed by atoms with Crippen LogP contribution in [0.2, 0.25) is 0 Å². The van der Waals surface area contributed by atoms with Crippen LogP contribution in [-0.4, -0.2) is 32.0 Å². The minimum absolute atomic E-state index is 0.00948. The van der Waals surface area contributed by atoms with Crippen LogP contribution in [0.3, 0.4) is 0 Å². The van der Waals surface area contributed by atoms with Crippen LogP contribution in [0.5, 0.6) is 0 Å². The van der Waals surface area contributed by atoms with Crippen molar-refractivity contribution >= 4 is 17.6 Å². The van der Waals surface area contributed by atoms with Gasteiger partial charge in [0, 0.05) is 30.4 Å². The Morgan fingerprint density at radius 3 is 2.51 bits per heavy atom. The lowest BCUT2D eigenvalue weighted by molar-refractivity contribution is -0.137. The molecule has 2 fully saturated rings. The molecular weight excluding hydrogens is 440 g/mol. The highest BCUT2D eigenvalue weighted by Crippen LogP contribution is 2.49. The van der Waals surface area contributed by atoms with Gasteiger partial charge in [0.05, 0.1) is 17.4 Å². The molecule has 2 N–H and O–H groups in total. The minimum Gasteiger partial charge on any atom is -0.481 e. The van der Waals surface area contributed by atoms with Crippen LogP contribution in [-0.2, 0) is 9.59 Å². The van der Waals surface area contributed by atoms with Crippen molar-refractivity contribution in [3.8, 4) is 0 Å². The Morgan fingerprint density at radius 2 is 1.91 bits per heavy atom. The van der Waals surface area contributed by atoms with Gasteiger partial charge in [0.1, 0.15) is 0 Å². The maximum absolute atomic E-state index is 13.0. The molecule has 1 atom stereocenters. The van der Waals surface area contributed by atoms with Crippen LogP contribution in [0.15, 0.2) is 18.2 Å². The molecule has 190 valence electrons. The molecule has 2 aliphatic rings. The largest absolute Gasteiger partial charge is 0.481 e. The average molecular weight is 481 g/mol. The van der Waals surface area contributed by atoms with Crippen molar-refractivity contribution in [3.05, 3.63) is 40.7 Å². The first kappa shape index (κ1) is 25.4. The molecule has 0 spiro atoms. The number of hydrogen-bond acceptors (Lipinski definition) is 4. The zero-order valence-corrected chi connectivity index (χ0v) is 21.8. The molecule has 0 unspecified atom stereocenters. The number of anilines is 1. The molecule has 0 bridgehead atoms. The second kappa shape index (κ2) is 10.1. The Kier molecular flexibility index (Phi) is 7.34. The van der Waals surface area contributed by atoms with E-state index in [0.717, 1.165) is 53.9 Å². The highest BCUT2D eigenvalue weighted by Gasteiger charge is 2.40. The van der Waals surface area contributed by atoms with Gasteiger partial charge in [-0.05, 0) is 75.3 Å². The van der Waals surface area contributed by atoms with Gasteiger partial charge in [0.2, 0.25) is 5.91 Å². The number of aromatic nitrogens is 3. The number of rotatable bonds is 10. The number of nitrogens with zero attached hydrogens (tertiary/aromatic N) is 3. The summed E-state index contributed by atoms with van der Waals surface area (Å²) in [7, 11) is 0. The summed E-state index contributed by atoms with van der Waals surface area (Å²) < 4.78 is 2.13. The van der Waals surface area contributed by atoms with E-state index in [-0.39, 0.29) is 24.7 Å². The standard InChI is InChI=1S/C28H40N4O3/c1-17-6-10-23(18(2)12-17)29-24(33)15-21(9-11-25(34)35)26-27(20-7-8-20)32(31-30-26)22-13-19(14-22)16-28(3,4)5/h6,10,12,19-22H,7-9,11,13-16H2,1-5H3,(H,29,33)(H,34,35)/t19?,21-,22?/m0/s1. The van der Waals surface area contributed by atoms with Crippen molar-refractivity contribution in [2.75, 3.05) is 5.32 Å². The molecule has 0 radical (unpaired) electrons. The number of aryl methyl sites for hydroxylation is 2. The van der Waals surface area contributed by atoms with E-state index < -0.39 is 5.97 Å². The summed E-state index contributed by atoms with van der Waals surface area (Å²) in [4.78, 5) is 24.4. The summed E-state index contributed by atoms with van der Waals surface area (Å²) in [5.41, 5.74) is 5.27. The second-order valence-corrected chi connectivity index (χ2v) is 12.0. The van der Waals surface area contributed by atoms with Gasteiger partial charge in [-0.2, -0.15) is 0 Å². The number of carbonyl (C=O) groups excluding carboxylic acids is 1. The van der Waals surface area contributed by atoms with Crippen LogP contribution in [0.4, 0.5) is 5.69 Å². The Balaban J connectivity index is 1.51. The number of carboxylic acids is 1. The van der Waals surface area contributed by atoms with E-state index in [4.69, 9.17) is 0 Å². The number of amides is 1. The lowest BCUT2D eigenvalue weighted by Crippen LogP contribution is -2.31. The minimum atomic E-state index is -0.853. The van der Waals surface area contributed by atoms with E-state index >= 15 is 0 Å². The lowest BCUT2D eigenvalue weighted by atomic mass is 9.71. The van der Waals surface area contributed by atoms with Crippen molar-refractivity contribution in [2.45, 2.75) is 104 Å². The molecule has 1 aromatic carbocycles. The summed E-state index contributed by atoms with van der Waals surface area (Å²) >= 11 is 0. The van der Waals surface area contributed by atoms with Crippen LogP contribution in [0, 0.1) is 25.2 Å². The van der Waals surface area contributed by atoms with Crippen molar-refractivity contribution in [1.82, 2.24) is 15.0 Å². The first-order chi connectivity index (χ1) is 16.5. The Bertz CT molecular complexity index is 1070. The third-order valence-electron chi connectivity index (χ3n) is 7.36. The predicted octanol–water partition coefficient (Wildman–Crippen LogP) is 6.14. The van der Waals surface area contributed by atoms with Gasteiger partial charge in [0.15, 0.2) is 0 Å². The highest BCUT2D eigenvalue weighted by molar-refractivity contribution is 5.92. The van der Waals surface area contributed by atoms with Crippen molar-refractivity contribution in [1.29, 1.82) is 0 Å². The SMILES string of the molecule is Cc1ccc(NC(=O)C[C@H](CCC(=O)O)c2nnn(C3CC(CC(C)(C)C)C3)c2C2CC2)c(C)c1. The van der Waals surface area contributed by atoms with Crippen molar-refractivity contribution < 1.29 is 14.7 Å². The number of hydrogen-bond donors (Lipinski definition) is 2. The summed E-state index contributed by atoms with van der Waals surface area (Å²) in [5, 5.41) is 21.5. The van der Waals surface area contributed by atoms with Gasteiger partial charge < -0.3 is 10.4 Å². The smallest absolute Gasteiger partial charge is 0.303 e. The van der Waals surface area contributed by atoms with Gasteiger partial charge >= 0.3 is 5.97 Å². The first-order valence-corrected chi connectivity index (χ1v) is 13.0. The van der Waals surface area contributed by atoms with Gasteiger partial charge in [-0.25, -0.2) is 4.68 Å². The molecule has 1 heterocycles. The second-order valence-electron chi connectivity index (χ2n) is 12.0. The topological polar surface area (TPSA) is 97.1 Å². The van der Waals surface area contributed by atoms with Crippen LogP contribution < -0.4 is 5.32 Å². The molecule has 7 heteroatoms. The molecule has 0 saturated heterocycles. The van der Waals surface area contributed by atoms with Gasteiger partial charge in [-0.1, -0.05) is 43.7 Å². The predicted molar refractivity (Wildman–Crippen MR) is 137 cm³/mol. The van der Waals surface area contributed by atoms with Crippen LogP contribution in [0.25, 0.3) is 0 Å². The van der Waals surface area contributed by atoms with Crippen LogP contribution >= 0.6 is 0 Å². The van der Waals surface area contributed by atoms with E-state index in [0.29, 0.717) is 29.7 Å². The number of carboxylic acid groups (broad SMARTS) is 1. The van der Waals surface area contributed by atoms with Gasteiger partial charge in [-0.15, -0.1) is 5.10 Å². The number of carbonyl (C=O) groups is 2. The average Bonchev–Trinajstić information content (AvgIpc) is 3.47. The molecule has 2 aromatic rings. The molecule has 1 amide bonds. The van der Waals surface area contributed by atoms with E-state index in [1.165, 1.54) is 6.42 Å². The third-order valence-corrected chi connectivity index (χ3v) is 7.36. The molecule has 2 saturated carbocycles. The van der Waals surface area contributed by atoms with E-state index in [1.807, 2.05) is 32.0 Å². The molecule has 2 aliphatic carbocycles. The molecule has 4 rings (SSSR count). The van der Waals surface area contributed by atoms with E-state index in [9.17, 15) is 14.7 Å². The maximum Gasteiger partial charge on any atom is 0.303 e.